The summed E-state index contributed by atoms with van der Waals surface area (Å²) in [4.78, 5) is 20.8. The number of methoxy groups -OCH3 is 1. The van der Waals surface area contributed by atoms with E-state index in [1.807, 2.05) is 0 Å². The highest BCUT2D eigenvalue weighted by Gasteiger charge is 2.07. The van der Waals surface area contributed by atoms with Crippen molar-refractivity contribution in [3.63, 3.8) is 0 Å². The molecule has 0 spiro atoms. The molecule has 0 unspecified atom stereocenters. The summed E-state index contributed by atoms with van der Waals surface area (Å²) in [6.45, 7) is 0. The summed E-state index contributed by atoms with van der Waals surface area (Å²) in [6, 6.07) is 5.12. The predicted octanol–water partition coefficient (Wildman–Crippen LogP) is 1.53. The van der Waals surface area contributed by atoms with Gasteiger partial charge in [0.05, 0.1) is 13.5 Å². The van der Waals surface area contributed by atoms with Gasteiger partial charge in [-0.3, -0.25) is 9.59 Å². The number of carbonyl (C=O) groups excluding carboxylic acids is 1. The molecule has 0 heterocycles. The van der Waals surface area contributed by atoms with Crippen LogP contribution in [0.4, 0.5) is 0 Å². The van der Waals surface area contributed by atoms with Crippen molar-refractivity contribution in [2.24, 2.45) is 0 Å². The summed E-state index contributed by atoms with van der Waals surface area (Å²) >= 11 is 0. The van der Waals surface area contributed by atoms with Crippen molar-refractivity contribution >= 4 is 18.3 Å². The van der Waals surface area contributed by atoms with Crippen molar-refractivity contribution in [1.29, 1.82) is 0 Å². The molecule has 0 aliphatic rings. The first kappa shape index (κ1) is 12.0. The maximum absolute atomic E-state index is 10.6. The van der Waals surface area contributed by atoms with Crippen molar-refractivity contribution in [3.8, 4) is 5.75 Å². The molecule has 1 N–H and O–H groups in total. The fourth-order valence-corrected chi connectivity index (χ4v) is 1.35. The van der Waals surface area contributed by atoms with E-state index in [4.69, 9.17) is 9.84 Å². The number of benzene rings is 1. The molecule has 84 valence electrons. The van der Waals surface area contributed by atoms with E-state index in [-0.39, 0.29) is 6.42 Å². The molecule has 0 atom stereocenters. The lowest BCUT2D eigenvalue weighted by molar-refractivity contribution is -0.136. The number of ether oxygens (including phenoxy) is 1. The van der Waals surface area contributed by atoms with Gasteiger partial charge >= 0.3 is 5.97 Å². The Balaban J connectivity index is 3.05. The Morgan fingerprint density at radius 2 is 2.25 bits per heavy atom. The third-order valence-corrected chi connectivity index (χ3v) is 2.01. The van der Waals surface area contributed by atoms with Crippen molar-refractivity contribution in [1.82, 2.24) is 0 Å². The number of hydrogen-bond acceptors (Lipinski definition) is 3. The van der Waals surface area contributed by atoms with E-state index in [0.29, 0.717) is 17.6 Å². The molecule has 0 radical (unpaired) electrons. The Hall–Kier alpha value is -2.10. The maximum atomic E-state index is 10.6. The molecule has 0 aliphatic carbocycles. The first-order valence-electron chi connectivity index (χ1n) is 4.68. The van der Waals surface area contributed by atoms with E-state index < -0.39 is 5.97 Å². The Morgan fingerprint density at radius 3 is 2.81 bits per heavy atom. The third kappa shape index (κ3) is 3.24. The van der Waals surface area contributed by atoms with Gasteiger partial charge in [-0.05, 0) is 23.8 Å². The van der Waals surface area contributed by atoms with Crippen LogP contribution in [-0.4, -0.2) is 24.5 Å². The van der Waals surface area contributed by atoms with Gasteiger partial charge in [-0.15, -0.1) is 0 Å². The molecule has 1 aromatic rings. The zero-order chi connectivity index (χ0) is 12.0. The molecule has 4 nitrogen and oxygen atoms in total. The fourth-order valence-electron chi connectivity index (χ4n) is 1.35. The van der Waals surface area contributed by atoms with Gasteiger partial charge in [0.1, 0.15) is 12.0 Å². The second kappa shape index (κ2) is 5.70. The number of carbonyl (C=O) groups is 2. The largest absolute Gasteiger partial charge is 0.496 e. The van der Waals surface area contributed by atoms with E-state index in [9.17, 15) is 9.59 Å². The van der Waals surface area contributed by atoms with Crippen molar-refractivity contribution in [2.45, 2.75) is 6.42 Å². The third-order valence-electron chi connectivity index (χ3n) is 2.01. The summed E-state index contributed by atoms with van der Waals surface area (Å²) in [5.41, 5.74) is 1.35. The normalized spacial score (nSPS) is 10.3. The van der Waals surface area contributed by atoms with Crippen LogP contribution in [0.5, 0.6) is 5.75 Å². The minimum Gasteiger partial charge on any atom is -0.496 e. The lowest BCUT2D eigenvalue weighted by Gasteiger charge is -2.07. The highest BCUT2D eigenvalue weighted by atomic mass is 16.5. The molecule has 1 aromatic carbocycles. The Bertz CT molecular complexity index is 421. The minimum absolute atomic E-state index is 0.105. The first-order chi connectivity index (χ1) is 7.67. The zero-order valence-electron chi connectivity index (χ0n) is 8.84. The topological polar surface area (TPSA) is 63.6 Å². The Morgan fingerprint density at radius 1 is 1.50 bits per heavy atom. The molecule has 0 bridgehead atoms. The SMILES string of the molecule is COc1ccc(C=CC=O)cc1CC(=O)O. The zero-order valence-corrected chi connectivity index (χ0v) is 8.84. The predicted molar refractivity (Wildman–Crippen MR) is 59.4 cm³/mol. The lowest BCUT2D eigenvalue weighted by atomic mass is 10.1. The summed E-state index contributed by atoms with van der Waals surface area (Å²) in [5.74, 6) is -0.388. The van der Waals surface area contributed by atoms with E-state index in [1.165, 1.54) is 13.2 Å². The van der Waals surface area contributed by atoms with Gasteiger partial charge < -0.3 is 9.84 Å². The highest BCUT2D eigenvalue weighted by Crippen LogP contribution is 2.21. The summed E-state index contributed by atoms with van der Waals surface area (Å²) in [6.07, 6.45) is 3.52. The van der Waals surface area contributed by atoms with Crippen LogP contribution in [0.15, 0.2) is 24.3 Å². The molecule has 16 heavy (non-hydrogen) atoms. The van der Waals surface area contributed by atoms with Crippen LogP contribution in [0.2, 0.25) is 0 Å². The van der Waals surface area contributed by atoms with Gasteiger partial charge in [0, 0.05) is 5.56 Å². The number of hydrogen-bond donors (Lipinski definition) is 1. The van der Waals surface area contributed by atoms with Gasteiger partial charge in [0.2, 0.25) is 0 Å². The van der Waals surface area contributed by atoms with E-state index >= 15 is 0 Å². The fraction of sp³-hybridized carbons (Fsp3) is 0.167. The number of aliphatic carboxylic acids is 1. The molecule has 0 fully saturated rings. The van der Waals surface area contributed by atoms with Crippen molar-refractivity contribution in [2.75, 3.05) is 7.11 Å². The van der Waals surface area contributed by atoms with Crippen LogP contribution in [0.3, 0.4) is 0 Å². The lowest BCUT2D eigenvalue weighted by Crippen LogP contribution is -2.02. The summed E-state index contributed by atoms with van der Waals surface area (Å²) < 4.78 is 5.05. The Kier molecular flexibility index (Phi) is 4.27. The average Bonchev–Trinajstić information content (AvgIpc) is 2.26. The average molecular weight is 220 g/mol. The Labute approximate surface area is 93.2 Å². The van der Waals surface area contributed by atoms with Gasteiger partial charge in [-0.25, -0.2) is 0 Å². The molecule has 0 saturated heterocycles. The quantitative estimate of drug-likeness (QED) is 0.603. The van der Waals surface area contributed by atoms with E-state index in [2.05, 4.69) is 0 Å². The van der Waals surface area contributed by atoms with Crippen LogP contribution in [0, 0.1) is 0 Å². The standard InChI is InChI=1S/C12H12O4/c1-16-11-5-4-9(3-2-6-13)7-10(11)8-12(14)15/h2-7H,8H2,1H3,(H,14,15). The highest BCUT2D eigenvalue weighted by molar-refractivity contribution is 5.75. The monoisotopic (exact) mass is 220 g/mol. The second-order valence-electron chi connectivity index (χ2n) is 3.14. The van der Waals surface area contributed by atoms with Gasteiger partial charge in [0.25, 0.3) is 0 Å². The summed E-state index contributed by atoms with van der Waals surface area (Å²) in [7, 11) is 1.49. The molecule has 0 aromatic heterocycles. The second-order valence-corrected chi connectivity index (χ2v) is 3.14. The molecule has 1 rings (SSSR count). The van der Waals surface area contributed by atoms with Crippen molar-refractivity contribution < 1.29 is 19.4 Å². The number of allylic oxidation sites excluding steroid dienone is 1. The number of aldehydes is 1. The first-order valence-corrected chi connectivity index (χ1v) is 4.68. The van der Waals surface area contributed by atoms with Crippen LogP contribution >= 0.6 is 0 Å². The molecule has 4 heteroatoms. The van der Waals surface area contributed by atoms with Crippen LogP contribution < -0.4 is 4.74 Å². The van der Waals surface area contributed by atoms with E-state index in [0.717, 1.165) is 5.56 Å². The molecular weight excluding hydrogens is 208 g/mol. The van der Waals surface area contributed by atoms with E-state index in [1.54, 1.807) is 24.3 Å². The minimum atomic E-state index is -0.921. The molecule has 0 amide bonds. The molecule has 0 saturated carbocycles. The molecule has 0 aliphatic heterocycles. The summed E-state index contributed by atoms with van der Waals surface area (Å²) in [5, 5.41) is 8.72. The number of carboxylic acid groups (broad SMARTS) is 1. The van der Waals surface area contributed by atoms with Gasteiger partial charge in [-0.1, -0.05) is 12.1 Å². The smallest absolute Gasteiger partial charge is 0.307 e. The van der Waals surface area contributed by atoms with Crippen LogP contribution in [0.1, 0.15) is 11.1 Å². The van der Waals surface area contributed by atoms with Crippen molar-refractivity contribution in [3.05, 3.63) is 35.4 Å². The van der Waals surface area contributed by atoms with Crippen LogP contribution in [-0.2, 0) is 16.0 Å². The van der Waals surface area contributed by atoms with Gasteiger partial charge in [-0.2, -0.15) is 0 Å². The molecular formula is C12H12O4. The number of carboxylic acids is 1. The number of rotatable bonds is 5. The van der Waals surface area contributed by atoms with Crippen LogP contribution in [0.25, 0.3) is 6.08 Å². The van der Waals surface area contributed by atoms with Gasteiger partial charge in [0.15, 0.2) is 0 Å². The maximum Gasteiger partial charge on any atom is 0.307 e.